The Kier molecular flexibility index (Phi) is 14.3. The van der Waals surface area contributed by atoms with Crippen molar-refractivity contribution in [1.82, 2.24) is 9.97 Å². The van der Waals surface area contributed by atoms with Crippen molar-refractivity contribution in [3.63, 3.8) is 0 Å². The van der Waals surface area contributed by atoms with Crippen LogP contribution in [0, 0.1) is 23.5 Å². The summed E-state index contributed by atoms with van der Waals surface area (Å²) < 4.78 is 47.4. The van der Waals surface area contributed by atoms with Gasteiger partial charge in [-0.05, 0) is 105 Å². The topological polar surface area (TPSA) is 44.2 Å². The molecule has 0 saturated carbocycles. The molecule has 6 rings (SSSR count). The lowest BCUT2D eigenvalue weighted by molar-refractivity contribution is 0.233. The first-order valence-corrected chi connectivity index (χ1v) is 22.2. The lowest BCUT2D eigenvalue weighted by Gasteiger charge is -2.18. The second-order valence-corrected chi connectivity index (χ2v) is 18.6. The lowest BCUT2D eigenvalue weighted by Crippen LogP contribution is -2.11. The van der Waals surface area contributed by atoms with Gasteiger partial charge in [-0.2, -0.15) is 0 Å². The van der Waals surface area contributed by atoms with Gasteiger partial charge in [0.25, 0.3) is 0 Å². The molecule has 0 bridgehead atoms. The molecule has 3 aromatic carbocycles. The SMILES string of the molecule is CCCCC(CC)COc1cccc(-c2nc3c(-c4ccc(Br)s4)c(F)c(F)c(-c4ccc(Br)s4)c3nc2-c2cccc(OCC(CC)CCCC)c2)c1. The lowest BCUT2D eigenvalue weighted by atomic mass is 9.99. The van der Waals surface area contributed by atoms with Gasteiger partial charge in [-0.1, -0.05) is 90.5 Å². The fourth-order valence-electron chi connectivity index (χ4n) is 6.65. The third kappa shape index (κ3) is 9.43. The summed E-state index contributed by atoms with van der Waals surface area (Å²) in [5.74, 6) is 0.459. The van der Waals surface area contributed by atoms with Crippen LogP contribution in [0.2, 0.25) is 0 Å². The molecule has 0 aliphatic heterocycles. The van der Waals surface area contributed by atoms with Crippen LogP contribution < -0.4 is 9.47 Å². The number of rotatable bonds is 18. The summed E-state index contributed by atoms with van der Waals surface area (Å²) in [6, 6.07) is 22.9. The van der Waals surface area contributed by atoms with Gasteiger partial charge in [0, 0.05) is 20.9 Å². The predicted molar refractivity (Wildman–Crippen MR) is 230 cm³/mol. The highest BCUT2D eigenvalue weighted by atomic mass is 79.9. The Morgan fingerprint density at radius 1 is 0.611 bits per heavy atom. The molecule has 0 spiro atoms. The standard InChI is InChI=1S/C44H46Br2F2N2O2S2/c1-5-9-13-27(7-3)25-51-31-17-11-15-29(23-31)41-42(30-16-12-18-32(24-30)52-26-28(8-4)14-10-6-2)50-44-38(34-20-22-36(46)54-34)40(48)39(47)37(43(44)49-41)33-19-21-35(45)53-33/h11-12,15-24,27-28H,5-10,13-14,25-26H2,1-4H3. The van der Waals surface area contributed by atoms with Crippen molar-refractivity contribution in [1.29, 1.82) is 0 Å². The smallest absolute Gasteiger partial charge is 0.170 e. The molecule has 6 aromatic rings. The highest BCUT2D eigenvalue weighted by molar-refractivity contribution is 9.11. The summed E-state index contributed by atoms with van der Waals surface area (Å²) >= 11 is 9.68. The predicted octanol–water partition coefficient (Wildman–Crippen LogP) is 15.4. The van der Waals surface area contributed by atoms with E-state index in [1.165, 1.54) is 35.5 Å². The molecule has 2 unspecified atom stereocenters. The number of nitrogens with zero attached hydrogens (tertiary/aromatic N) is 2. The van der Waals surface area contributed by atoms with Crippen LogP contribution in [-0.4, -0.2) is 23.2 Å². The zero-order chi connectivity index (χ0) is 38.2. The van der Waals surface area contributed by atoms with Gasteiger partial charge in [-0.15, -0.1) is 22.7 Å². The van der Waals surface area contributed by atoms with Crippen molar-refractivity contribution in [2.24, 2.45) is 11.8 Å². The molecule has 0 amide bonds. The second kappa shape index (κ2) is 19.1. The normalized spacial score (nSPS) is 12.7. The van der Waals surface area contributed by atoms with Gasteiger partial charge in [0.15, 0.2) is 11.6 Å². The number of ether oxygens (including phenoxy) is 2. The summed E-state index contributed by atoms with van der Waals surface area (Å²) in [7, 11) is 0. The molecule has 0 saturated heterocycles. The van der Waals surface area contributed by atoms with Crippen LogP contribution in [0.1, 0.15) is 79.1 Å². The molecule has 0 fully saturated rings. The Hall–Kier alpha value is -3.18. The van der Waals surface area contributed by atoms with Gasteiger partial charge in [0.1, 0.15) is 22.5 Å². The maximum atomic E-state index is 16.5. The molecule has 3 aromatic heterocycles. The van der Waals surface area contributed by atoms with Crippen LogP contribution in [0.15, 0.2) is 80.4 Å². The van der Waals surface area contributed by atoms with E-state index in [4.69, 9.17) is 19.4 Å². The molecule has 54 heavy (non-hydrogen) atoms. The summed E-state index contributed by atoms with van der Waals surface area (Å²) in [6.07, 6.45) is 8.98. The molecule has 2 atom stereocenters. The van der Waals surface area contributed by atoms with E-state index in [-0.39, 0.29) is 22.2 Å². The molecule has 284 valence electrons. The first kappa shape index (κ1) is 40.5. The first-order valence-electron chi connectivity index (χ1n) is 18.9. The van der Waals surface area contributed by atoms with E-state index in [1.54, 1.807) is 12.1 Å². The van der Waals surface area contributed by atoms with Crippen molar-refractivity contribution in [3.8, 4) is 54.9 Å². The molecule has 3 heterocycles. The van der Waals surface area contributed by atoms with Crippen molar-refractivity contribution < 1.29 is 18.3 Å². The van der Waals surface area contributed by atoms with Crippen LogP contribution in [0.5, 0.6) is 11.5 Å². The Morgan fingerprint density at radius 3 is 1.39 bits per heavy atom. The van der Waals surface area contributed by atoms with E-state index in [1.807, 2.05) is 60.7 Å². The highest BCUT2D eigenvalue weighted by Crippen LogP contribution is 2.46. The zero-order valence-corrected chi connectivity index (χ0v) is 36.0. The van der Waals surface area contributed by atoms with Gasteiger partial charge in [-0.3, -0.25) is 0 Å². The van der Waals surface area contributed by atoms with Crippen LogP contribution in [0.4, 0.5) is 8.78 Å². The molecule has 0 radical (unpaired) electrons. The Bertz CT molecular complexity index is 2030. The minimum absolute atomic E-state index is 0.0850. The number of unbranched alkanes of at least 4 members (excludes halogenated alkanes) is 2. The van der Waals surface area contributed by atoms with Gasteiger partial charge in [0.05, 0.1) is 43.3 Å². The van der Waals surface area contributed by atoms with E-state index in [9.17, 15) is 0 Å². The van der Waals surface area contributed by atoms with Crippen LogP contribution in [-0.2, 0) is 0 Å². The molecule has 0 aliphatic carbocycles. The van der Waals surface area contributed by atoms with E-state index in [0.29, 0.717) is 46.2 Å². The number of hydrogen-bond acceptors (Lipinski definition) is 6. The van der Waals surface area contributed by atoms with Crippen molar-refractivity contribution >= 4 is 65.6 Å². The third-order valence-corrected chi connectivity index (χ3v) is 13.2. The number of benzene rings is 3. The van der Waals surface area contributed by atoms with Crippen LogP contribution in [0.3, 0.4) is 0 Å². The number of hydrogen-bond donors (Lipinski definition) is 0. The van der Waals surface area contributed by atoms with E-state index in [2.05, 4.69) is 59.6 Å². The van der Waals surface area contributed by atoms with Crippen LogP contribution >= 0.6 is 54.5 Å². The molecule has 0 N–H and O–H groups in total. The average Bonchev–Trinajstić information content (AvgIpc) is 3.82. The molecule has 0 aliphatic rings. The molecule has 4 nitrogen and oxygen atoms in total. The summed E-state index contributed by atoms with van der Waals surface area (Å²) in [4.78, 5) is 11.6. The van der Waals surface area contributed by atoms with Crippen molar-refractivity contribution in [2.75, 3.05) is 13.2 Å². The molecular weight excluding hydrogens is 850 g/mol. The fraction of sp³-hybridized carbons (Fsp3) is 0.364. The number of fused-ring (bicyclic) bond motifs is 1. The Labute approximate surface area is 342 Å². The second-order valence-electron chi connectivity index (χ2n) is 13.7. The van der Waals surface area contributed by atoms with Gasteiger partial charge >= 0.3 is 0 Å². The number of thiophene rings is 2. The van der Waals surface area contributed by atoms with Crippen molar-refractivity contribution in [2.45, 2.75) is 79.1 Å². The fourth-order valence-corrected chi connectivity index (χ4v) is 9.50. The van der Waals surface area contributed by atoms with E-state index < -0.39 is 11.6 Å². The van der Waals surface area contributed by atoms with Crippen molar-refractivity contribution in [3.05, 3.63) is 92.0 Å². The Morgan fingerprint density at radius 2 is 1.04 bits per heavy atom. The highest BCUT2D eigenvalue weighted by Gasteiger charge is 2.28. The monoisotopic (exact) mass is 894 g/mol. The van der Waals surface area contributed by atoms with E-state index >= 15 is 8.78 Å². The summed E-state index contributed by atoms with van der Waals surface area (Å²) in [5.41, 5.74) is 3.35. The third-order valence-electron chi connectivity index (χ3n) is 9.91. The largest absolute Gasteiger partial charge is 0.493 e. The summed E-state index contributed by atoms with van der Waals surface area (Å²) in [6.45, 7) is 10.1. The van der Waals surface area contributed by atoms with Crippen LogP contribution in [0.25, 0.3) is 54.4 Å². The average molecular weight is 897 g/mol. The zero-order valence-electron chi connectivity index (χ0n) is 31.2. The Balaban J connectivity index is 1.56. The first-order chi connectivity index (χ1) is 26.2. The van der Waals surface area contributed by atoms with Gasteiger partial charge < -0.3 is 9.47 Å². The molecule has 10 heteroatoms. The van der Waals surface area contributed by atoms with Gasteiger partial charge in [0.2, 0.25) is 0 Å². The maximum absolute atomic E-state index is 16.5. The number of aromatic nitrogens is 2. The maximum Gasteiger partial charge on any atom is 0.170 e. The quantitative estimate of drug-likeness (QED) is 0.0862. The minimum atomic E-state index is -0.955. The summed E-state index contributed by atoms with van der Waals surface area (Å²) in [5, 5.41) is 0. The van der Waals surface area contributed by atoms with Gasteiger partial charge in [-0.25, -0.2) is 18.7 Å². The van der Waals surface area contributed by atoms with E-state index in [0.717, 1.165) is 68.7 Å². The number of halogens is 4. The minimum Gasteiger partial charge on any atom is -0.493 e. The molecular formula is C44H46Br2F2N2O2S2.